The summed E-state index contributed by atoms with van der Waals surface area (Å²) >= 11 is 7.20. The number of ether oxygens (including phenoxy) is 1. The fraction of sp³-hybridized carbons (Fsp3) is 0.500. The van der Waals surface area contributed by atoms with Crippen molar-refractivity contribution in [3.05, 3.63) is 29.3 Å². The molecule has 0 saturated carbocycles. The summed E-state index contributed by atoms with van der Waals surface area (Å²) in [5.41, 5.74) is -0.614. The molecule has 1 saturated heterocycles. The smallest absolute Gasteiger partial charge is 0.411 e. The van der Waals surface area contributed by atoms with Crippen molar-refractivity contribution < 1.29 is 14.3 Å². The van der Waals surface area contributed by atoms with Crippen LogP contribution in [0.3, 0.4) is 0 Å². The van der Waals surface area contributed by atoms with E-state index >= 15 is 0 Å². The second-order valence-corrected chi connectivity index (χ2v) is 8.33. The normalized spacial score (nSPS) is 21.8. The highest BCUT2D eigenvalue weighted by Gasteiger charge is 2.47. The average molecular weight is 357 g/mol. The number of nitrogens with one attached hydrogen (secondary N) is 1. The Morgan fingerprint density at radius 3 is 2.52 bits per heavy atom. The summed E-state index contributed by atoms with van der Waals surface area (Å²) in [6, 6.07) is 7.17. The lowest BCUT2D eigenvalue weighted by atomic mass is 10.2. The van der Waals surface area contributed by atoms with Gasteiger partial charge in [-0.15, -0.1) is 0 Å². The van der Waals surface area contributed by atoms with Gasteiger partial charge in [-0.1, -0.05) is 23.4 Å². The summed E-state index contributed by atoms with van der Waals surface area (Å²) in [4.78, 5) is 26.2. The summed E-state index contributed by atoms with van der Waals surface area (Å²) in [7, 11) is 0. The van der Waals surface area contributed by atoms with E-state index in [-0.39, 0.29) is 5.91 Å². The molecule has 2 rings (SSSR count). The first-order chi connectivity index (χ1) is 10.6. The van der Waals surface area contributed by atoms with Gasteiger partial charge in [-0.25, -0.2) is 4.79 Å². The number of rotatable bonds is 2. The van der Waals surface area contributed by atoms with Crippen molar-refractivity contribution in [3.63, 3.8) is 0 Å². The van der Waals surface area contributed by atoms with Crippen LogP contribution in [-0.2, 0) is 9.53 Å². The van der Waals surface area contributed by atoms with Gasteiger partial charge in [0.15, 0.2) is 4.87 Å². The van der Waals surface area contributed by atoms with Crippen LogP contribution in [0.4, 0.5) is 4.79 Å². The first-order valence-corrected chi connectivity index (χ1v) is 8.55. The van der Waals surface area contributed by atoms with Crippen LogP contribution >= 0.6 is 23.4 Å². The maximum Gasteiger partial charge on any atom is 0.411 e. The molecule has 0 radical (unpaired) electrons. The molecule has 0 bridgehead atoms. The van der Waals surface area contributed by atoms with E-state index in [1.165, 1.54) is 16.7 Å². The Balaban J connectivity index is 2.26. The first-order valence-electron chi connectivity index (χ1n) is 7.35. The highest BCUT2D eigenvalue weighted by Crippen LogP contribution is 2.38. The summed E-state index contributed by atoms with van der Waals surface area (Å²) < 4.78 is 5.45. The number of thioether (sulfide) groups is 1. The predicted molar refractivity (Wildman–Crippen MR) is 91.7 cm³/mol. The van der Waals surface area contributed by atoms with Crippen LogP contribution in [-0.4, -0.2) is 40.5 Å². The number of amides is 2. The molecule has 1 aliphatic rings. The molecule has 1 unspecified atom stereocenters. The van der Waals surface area contributed by atoms with Crippen molar-refractivity contribution >= 4 is 35.4 Å². The number of piperazine rings is 1. The van der Waals surface area contributed by atoms with Crippen molar-refractivity contribution in [2.45, 2.75) is 43.1 Å². The topological polar surface area (TPSA) is 58.6 Å². The summed E-state index contributed by atoms with van der Waals surface area (Å²) in [6.45, 7) is 7.95. The Bertz CT molecular complexity index is 600. The van der Waals surface area contributed by atoms with Gasteiger partial charge in [-0.05, 0) is 52.0 Å². The molecule has 23 heavy (non-hydrogen) atoms. The number of halogens is 1. The summed E-state index contributed by atoms with van der Waals surface area (Å²) in [5.74, 6) is -0.213. The molecule has 1 aromatic rings. The number of carbonyl (C=O) groups excluding carboxylic acids is 2. The molecule has 1 fully saturated rings. The second kappa shape index (κ2) is 6.61. The lowest BCUT2D eigenvalue weighted by Gasteiger charge is -2.43. The first kappa shape index (κ1) is 17.9. The predicted octanol–water partition coefficient (Wildman–Crippen LogP) is 3.52. The molecule has 1 atom stereocenters. The van der Waals surface area contributed by atoms with E-state index in [2.05, 4.69) is 5.32 Å². The Morgan fingerprint density at radius 2 is 1.96 bits per heavy atom. The van der Waals surface area contributed by atoms with Crippen molar-refractivity contribution in [1.29, 1.82) is 0 Å². The Kier molecular flexibility index (Phi) is 5.16. The van der Waals surface area contributed by atoms with E-state index in [4.69, 9.17) is 16.3 Å². The molecule has 0 aromatic heterocycles. The minimum absolute atomic E-state index is 0.213. The molecule has 7 heteroatoms. The fourth-order valence-electron chi connectivity index (χ4n) is 2.20. The molecule has 0 spiro atoms. The SMILES string of the molecule is CC(C)(C)OC(=O)N1CCNC(=O)C1(C)Sc1ccc(Cl)cc1. The third kappa shape index (κ3) is 4.32. The van der Waals surface area contributed by atoms with E-state index in [1.54, 1.807) is 39.8 Å². The van der Waals surface area contributed by atoms with Crippen LogP contribution < -0.4 is 5.32 Å². The molecular formula is C16H21ClN2O3S. The van der Waals surface area contributed by atoms with Gasteiger partial charge in [-0.2, -0.15) is 0 Å². The van der Waals surface area contributed by atoms with Crippen molar-refractivity contribution in [2.24, 2.45) is 0 Å². The van der Waals surface area contributed by atoms with Gasteiger partial charge in [0.1, 0.15) is 5.60 Å². The molecule has 1 N–H and O–H groups in total. The van der Waals surface area contributed by atoms with Gasteiger partial charge in [0.2, 0.25) is 0 Å². The van der Waals surface area contributed by atoms with Gasteiger partial charge >= 0.3 is 6.09 Å². The van der Waals surface area contributed by atoms with Crippen LogP contribution in [0.5, 0.6) is 0 Å². The molecule has 1 aliphatic heterocycles. The van der Waals surface area contributed by atoms with E-state index in [0.29, 0.717) is 18.1 Å². The molecule has 5 nitrogen and oxygen atoms in total. The summed E-state index contributed by atoms with van der Waals surface area (Å²) in [6.07, 6.45) is -0.490. The zero-order valence-electron chi connectivity index (χ0n) is 13.7. The minimum Gasteiger partial charge on any atom is -0.444 e. The number of hydrogen-bond acceptors (Lipinski definition) is 4. The lowest BCUT2D eigenvalue weighted by Crippen LogP contribution is -2.63. The van der Waals surface area contributed by atoms with Crippen LogP contribution in [0.2, 0.25) is 5.02 Å². The number of carbonyl (C=O) groups is 2. The largest absolute Gasteiger partial charge is 0.444 e. The van der Waals surface area contributed by atoms with Crippen molar-refractivity contribution in [1.82, 2.24) is 10.2 Å². The molecule has 1 aromatic carbocycles. The van der Waals surface area contributed by atoms with Crippen LogP contribution in [0.25, 0.3) is 0 Å². The molecule has 126 valence electrons. The van der Waals surface area contributed by atoms with Gasteiger partial charge < -0.3 is 10.1 Å². The second-order valence-electron chi connectivity index (χ2n) is 6.43. The molecule has 1 heterocycles. The standard InChI is InChI=1S/C16H21ClN2O3S/c1-15(2,3)22-14(21)19-10-9-18-13(20)16(19,4)23-12-7-5-11(17)6-8-12/h5-8H,9-10H2,1-4H3,(H,18,20). The number of benzene rings is 1. The van der Waals surface area contributed by atoms with E-state index in [1.807, 2.05) is 12.1 Å². The highest BCUT2D eigenvalue weighted by molar-refractivity contribution is 8.01. The Labute approximate surface area is 145 Å². The quantitative estimate of drug-likeness (QED) is 0.880. The van der Waals surface area contributed by atoms with E-state index in [9.17, 15) is 9.59 Å². The number of nitrogens with zero attached hydrogens (tertiary/aromatic N) is 1. The third-order valence-corrected chi connectivity index (χ3v) is 4.86. The van der Waals surface area contributed by atoms with Crippen LogP contribution in [0.15, 0.2) is 29.2 Å². The van der Waals surface area contributed by atoms with Crippen molar-refractivity contribution in [3.8, 4) is 0 Å². The third-order valence-electron chi connectivity index (χ3n) is 3.30. The summed E-state index contributed by atoms with van der Waals surface area (Å²) in [5, 5.41) is 3.44. The van der Waals surface area contributed by atoms with Gasteiger partial charge in [0.05, 0.1) is 0 Å². The van der Waals surface area contributed by atoms with E-state index < -0.39 is 16.6 Å². The van der Waals surface area contributed by atoms with E-state index in [0.717, 1.165) is 4.90 Å². The zero-order chi connectivity index (χ0) is 17.3. The lowest BCUT2D eigenvalue weighted by molar-refractivity contribution is -0.130. The van der Waals surface area contributed by atoms with Crippen LogP contribution in [0, 0.1) is 0 Å². The highest BCUT2D eigenvalue weighted by atomic mass is 35.5. The molecule has 2 amide bonds. The Morgan fingerprint density at radius 1 is 1.35 bits per heavy atom. The van der Waals surface area contributed by atoms with Crippen molar-refractivity contribution in [2.75, 3.05) is 13.1 Å². The van der Waals surface area contributed by atoms with Gasteiger partial charge in [0, 0.05) is 23.0 Å². The fourth-order valence-corrected chi connectivity index (χ4v) is 3.50. The van der Waals surface area contributed by atoms with Gasteiger partial charge in [-0.3, -0.25) is 9.69 Å². The van der Waals surface area contributed by atoms with Crippen LogP contribution in [0.1, 0.15) is 27.7 Å². The zero-order valence-corrected chi connectivity index (χ0v) is 15.3. The number of hydrogen-bond donors (Lipinski definition) is 1. The molecular weight excluding hydrogens is 336 g/mol. The monoisotopic (exact) mass is 356 g/mol. The minimum atomic E-state index is -1.07. The maximum atomic E-state index is 12.5. The average Bonchev–Trinajstić information content (AvgIpc) is 2.42. The molecule has 0 aliphatic carbocycles. The van der Waals surface area contributed by atoms with Gasteiger partial charge in [0.25, 0.3) is 5.91 Å². The Hall–Kier alpha value is -1.40. The maximum absolute atomic E-state index is 12.5.